The Bertz CT molecular complexity index is 1060. The molecule has 15 heteroatoms. The van der Waals surface area contributed by atoms with Gasteiger partial charge in [-0.25, -0.2) is 4.79 Å². The van der Waals surface area contributed by atoms with E-state index >= 15 is 0 Å². The lowest BCUT2D eigenvalue weighted by Gasteiger charge is -2.44. The maximum atomic E-state index is 12.6. The molecule has 0 aliphatic carbocycles. The van der Waals surface area contributed by atoms with Crippen LogP contribution in [0.2, 0.25) is 0 Å². The zero-order valence-corrected chi connectivity index (χ0v) is 21.6. The van der Waals surface area contributed by atoms with Crippen LogP contribution in [-0.4, -0.2) is 123 Å². The molecule has 2 heterocycles. The number of carbonyl (C=O) groups excluding carboxylic acids is 3. The Morgan fingerprint density at radius 2 is 1.62 bits per heavy atom. The molecule has 1 aromatic rings. The lowest BCUT2D eigenvalue weighted by Crippen LogP contribution is -2.64. The number of phenols is 1. The maximum absolute atomic E-state index is 12.6. The highest BCUT2D eigenvalue weighted by molar-refractivity contribution is 5.87. The number of aliphatic hydroxyl groups excluding tert-OH is 5. The SMILES string of the molecule is CC(=O)OC[C@H]1O[C@H](O[C@]2(CO)O[C@H](CO)[C@@H](O)[C@@H]2OC(=O)C=Cc2ccc(O)cc2)[C@H](O)[C@@H](OC(C)=O)[C@@H]1O. The van der Waals surface area contributed by atoms with Crippen molar-refractivity contribution in [2.24, 2.45) is 0 Å². The molecule has 2 aliphatic heterocycles. The van der Waals surface area contributed by atoms with Crippen LogP contribution in [0.4, 0.5) is 0 Å². The van der Waals surface area contributed by atoms with Gasteiger partial charge >= 0.3 is 17.9 Å². The summed E-state index contributed by atoms with van der Waals surface area (Å²) in [4.78, 5) is 35.5. The fourth-order valence-corrected chi connectivity index (χ4v) is 4.19. The summed E-state index contributed by atoms with van der Waals surface area (Å²) in [5.41, 5.74) is 0.517. The summed E-state index contributed by atoms with van der Waals surface area (Å²) >= 11 is 0. The van der Waals surface area contributed by atoms with Crippen molar-refractivity contribution in [2.45, 2.75) is 68.7 Å². The molecule has 2 fully saturated rings. The molecule has 222 valence electrons. The summed E-state index contributed by atoms with van der Waals surface area (Å²) < 4.78 is 31.9. The normalized spacial score (nSPS) is 34.0. The predicted octanol–water partition coefficient (Wildman–Crippen LogP) is -2.28. The Morgan fingerprint density at radius 1 is 0.950 bits per heavy atom. The second-order valence-corrected chi connectivity index (χ2v) is 9.10. The number of carbonyl (C=O) groups is 3. The summed E-state index contributed by atoms with van der Waals surface area (Å²) in [7, 11) is 0. The Hall–Kier alpha value is -3.15. The van der Waals surface area contributed by atoms with Crippen molar-refractivity contribution in [2.75, 3.05) is 19.8 Å². The van der Waals surface area contributed by atoms with Gasteiger partial charge in [0, 0.05) is 19.9 Å². The van der Waals surface area contributed by atoms with Gasteiger partial charge in [-0.05, 0) is 23.8 Å². The van der Waals surface area contributed by atoms with Gasteiger partial charge < -0.3 is 59.1 Å². The second-order valence-electron chi connectivity index (χ2n) is 9.10. The van der Waals surface area contributed by atoms with Gasteiger partial charge in [0.15, 0.2) is 18.5 Å². The Labute approximate surface area is 228 Å². The molecule has 0 radical (unpaired) electrons. The van der Waals surface area contributed by atoms with Gasteiger partial charge in [0.2, 0.25) is 5.79 Å². The minimum Gasteiger partial charge on any atom is -0.508 e. The lowest BCUT2D eigenvalue weighted by atomic mass is 9.98. The van der Waals surface area contributed by atoms with E-state index < -0.39 is 92.5 Å². The molecule has 2 aliphatic rings. The molecule has 0 saturated carbocycles. The highest BCUT2D eigenvalue weighted by Crippen LogP contribution is 2.38. The van der Waals surface area contributed by atoms with Crippen molar-refractivity contribution in [3.63, 3.8) is 0 Å². The first-order valence-electron chi connectivity index (χ1n) is 12.2. The van der Waals surface area contributed by atoms with Crippen molar-refractivity contribution in [3.05, 3.63) is 35.9 Å². The number of benzene rings is 1. The number of rotatable bonds is 10. The molecule has 1 aromatic carbocycles. The number of aromatic hydroxyl groups is 1. The van der Waals surface area contributed by atoms with Crippen molar-refractivity contribution in [3.8, 4) is 5.75 Å². The van der Waals surface area contributed by atoms with Crippen LogP contribution in [0.1, 0.15) is 19.4 Å². The number of phenolic OH excluding ortho intramolecular Hbond substituents is 1. The van der Waals surface area contributed by atoms with E-state index in [0.29, 0.717) is 5.56 Å². The standard InChI is InChI=1S/C25H32O15/c1-12(28)35-10-17-19(32)22(36-13(2)29)21(34)24(37-17)40-25(11-27)23(20(33)16(9-26)39-25)38-18(31)8-5-14-3-6-15(30)7-4-14/h3-8,16-17,19-24,26-27,30,32-34H,9-11H2,1-2H3/t16-,17-,19-,20-,21-,22+,23+,24-,25+/m1/s1. The van der Waals surface area contributed by atoms with Crippen LogP contribution in [0, 0.1) is 0 Å². The third kappa shape index (κ3) is 7.32. The van der Waals surface area contributed by atoms with Gasteiger partial charge in [0.25, 0.3) is 0 Å². The van der Waals surface area contributed by atoms with Crippen molar-refractivity contribution < 1.29 is 73.4 Å². The van der Waals surface area contributed by atoms with Gasteiger partial charge in [-0.2, -0.15) is 0 Å². The average molecular weight is 573 g/mol. The molecule has 6 N–H and O–H groups in total. The fraction of sp³-hybridized carbons (Fsp3) is 0.560. The predicted molar refractivity (Wildman–Crippen MR) is 129 cm³/mol. The maximum Gasteiger partial charge on any atom is 0.331 e. The molecular weight excluding hydrogens is 540 g/mol. The van der Waals surface area contributed by atoms with Crippen LogP contribution in [-0.2, 0) is 42.8 Å². The Morgan fingerprint density at radius 3 is 2.20 bits per heavy atom. The van der Waals surface area contributed by atoms with Crippen LogP contribution in [0.3, 0.4) is 0 Å². The lowest BCUT2D eigenvalue weighted by molar-refractivity contribution is -0.383. The molecule has 0 unspecified atom stereocenters. The molecular formula is C25H32O15. The minimum atomic E-state index is -2.42. The third-order valence-corrected chi connectivity index (χ3v) is 6.13. The summed E-state index contributed by atoms with van der Waals surface area (Å²) in [5.74, 6) is -5.04. The van der Waals surface area contributed by atoms with Crippen molar-refractivity contribution in [1.29, 1.82) is 0 Å². The highest BCUT2D eigenvalue weighted by atomic mass is 16.8. The van der Waals surface area contributed by atoms with E-state index in [0.717, 1.165) is 19.9 Å². The first-order valence-corrected chi connectivity index (χ1v) is 12.2. The van der Waals surface area contributed by atoms with Gasteiger partial charge in [0.05, 0.1) is 6.61 Å². The van der Waals surface area contributed by atoms with Crippen LogP contribution >= 0.6 is 0 Å². The molecule has 3 rings (SSSR count). The minimum absolute atomic E-state index is 0.0107. The summed E-state index contributed by atoms with van der Waals surface area (Å²) in [6.07, 6.45) is -11.1. The zero-order chi connectivity index (χ0) is 29.6. The quantitative estimate of drug-likeness (QED) is 0.0985. The van der Waals surface area contributed by atoms with Gasteiger partial charge in [-0.3, -0.25) is 9.59 Å². The van der Waals surface area contributed by atoms with Gasteiger partial charge in [-0.1, -0.05) is 12.1 Å². The molecule has 15 nitrogen and oxygen atoms in total. The van der Waals surface area contributed by atoms with Crippen LogP contribution in [0.25, 0.3) is 6.08 Å². The Kier molecular flexibility index (Phi) is 10.6. The topological polar surface area (TPSA) is 228 Å². The molecule has 0 spiro atoms. The van der Waals surface area contributed by atoms with Crippen molar-refractivity contribution in [1.82, 2.24) is 0 Å². The molecule has 0 aromatic heterocycles. The molecule has 9 atom stereocenters. The van der Waals surface area contributed by atoms with E-state index in [9.17, 15) is 45.0 Å². The number of aliphatic hydroxyl groups is 5. The largest absolute Gasteiger partial charge is 0.508 e. The summed E-state index contributed by atoms with van der Waals surface area (Å²) in [5, 5.41) is 61.4. The first-order chi connectivity index (χ1) is 18.9. The number of hydrogen-bond donors (Lipinski definition) is 6. The number of hydrogen-bond acceptors (Lipinski definition) is 15. The summed E-state index contributed by atoms with van der Waals surface area (Å²) in [6, 6.07) is 5.80. The van der Waals surface area contributed by atoms with Crippen molar-refractivity contribution >= 4 is 24.0 Å². The second kappa shape index (κ2) is 13.5. The molecule has 40 heavy (non-hydrogen) atoms. The van der Waals surface area contributed by atoms with Gasteiger partial charge in [0.1, 0.15) is 49.5 Å². The third-order valence-electron chi connectivity index (χ3n) is 6.13. The zero-order valence-electron chi connectivity index (χ0n) is 21.6. The van der Waals surface area contributed by atoms with Crippen LogP contribution in [0.15, 0.2) is 30.3 Å². The smallest absolute Gasteiger partial charge is 0.331 e. The van der Waals surface area contributed by atoms with E-state index in [2.05, 4.69) is 0 Å². The highest BCUT2D eigenvalue weighted by Gasteiger charge is 2.61. The van der Waals surface area contributed by atoms with E-state index in [1.807, 2.05) is 0 Å². The van der Waals surface area contributed by atoms with E-state index in [1.54, 1.807) is 0 Å². The molecule has 2 saturated heterocycles. The van der Waals surface area contributed by atoms with E-state index in [-0.39, 0.29) is 5.75 Å². The number of esters is 3. The van der Waals surface area contributed by atoms with Gasteiger partial charge in [-0.15, -0.1) is 0 Å². The van der Waals surface area contributed by atoms with E-state index in [4.69, 9.17) is 28.4 Å². The average Bonchev–Trinajstić information content (AvgIpc) is 3.17. The molecule has 0 amide bonds. The van der Waals surface area contributed by atoms with Crippen LogP contribution < -0.4 is 0 Å². The fourth-order valence-electron chi connectivity index (χ4n) is 4.19. The van der Waals surface area contributed by atoms with E-state index in [1.165, 1.54) is 30.3 Å². The Balaban J connectivity index is 1.86. The molecule has 0 bridgehead atoms. The number of ether oxygens (including phenoxy) is 6. The van der Waals surface area contributed by atoms with Crippen LogP contribution in [0.5, 0.6) is 5.75 Å². The monoisotopic (exact) mass is 572 g/mol. The first kappa shape index (κ1) is 31.4. The summed E-state index contributed by atoms with van der Waals surface area (Å²) in [6.45, 7) is -0.315.